The number of thiol groups is 2. The fourth-order valence-electron chi connectivity index (χ4n) is 1.17. The molecule has 82 valence electrons. The van der Waals surface area contributed by atoms with Gasteiger partial charge in [-0.2, -0.15) is 0 Å². The lowest BCUT2D eigenvalue weighted by Gasteiger charge is -2.16. The first-order valence-electron chi connectivity index (χ1n) is 4.42. The van der Waals surface area contributed by atoms with Gasteiger partial charge in [0.2, 0.25) is 0 Å². The second-order valence-corrected chi connectivity index (χ2v) is 10.7. The SMILES string of the molecule is C[SH](C)(=O)c1ccc([SH](C)(C)=O)cc1. The minimum absolute atomic E-state index is 0.842. The molecule has 0 atom stereocenters. The van der Waals surface area contributed by atoms with E-state index in [1.54, 1.807) is 25.0 Å². The second-order valence-electron chi connectivity index (χ2n) is 4.22. The lowest BCUT2D eigenvalue weighted by molar-refractivity contribution is 0.676. The molecular formula is C10H18O2S2. The van der Waals surface area contributed by atoms with Crippen molar-refractivity contribution in [2.45, 2.75) is 9.79 Å². The minimum atomic E-state index is -2.18. The maximum atomic E-state index is 11.7. The van der Waals surface area contributed by atoms with Crippen LogP contribution in [0.2, 0.25) is 0 Å². The molecule has 1 aromatic carbocycles. The molecule has 0 unspecified atom stereocenters. The Kier molecular flexibility index (Phi) is 2.97. The molecule has 0 amide bonds. The third kappa shape index (κ3) is 2.75. The molecular weight excluding hydrogens is 216 g/mol. The number of hydrogen-bond donors (Lipinski definition) is 2. The summed E-state index contributed by atoms with van der Waals surface area (Å²) in [5.74, 6) is 0. The Morgan fingerprint density at radius 2 is 0.929 bits per heavy atom. The Morgan fingerprint density at radius 3 is 1.07 bits per heavy atom. The van der Waals surface area contributed by atoms with Crippen LogP contribution in [0.25, 0.3) is 0 Å². The van der Waals surface area contributed by atoms with E-state index in [9.17, 15) is 8.42 Å². The maximum absolute atomic E-state index is 11.7. The van der Waals surface area contributed by atoms with E-state index < -0.39 is 19.9 Å². The van der Waals surface area contributed by atoms with Gasteiger partial charge in [0.25, 0.3) is 0 Å². The minimum Gasteiger partial charge on any atom is -0.281 e. The van der Waals surface area contributed by atoms with Gasteiger partial charge in [0, 0.05) is 9.79 Å². The summed E-state index contributed by atoms with van der Waals surface area (Å²) in [6, 6.07) is 7.26. The zero-order chi connectivity index (χ0) is 11.0. The van der Waals surface area contributed by atoms with Crippen molar-refractivity contribution >= 4 is 19.9 Å². The van der Waals surface area contributed by atoms with E-state index in [0.29, 0.717) is 0 Å². The standard InChI is InChI=1S/C10H18O2S2/c1-13(2,11)9-5-7-10(8-6-9)14(3,4)12/h5-8,13-14H,1-4H3. The molecule has 0 radical (unpaired) electrons. The first-order valence-corrected chi connectivity index (χ1v) is 9.63. The molecule has 0 N–H and O–H groups in total. The first-order chi connectivity index (χ1) is 6.21. The predicted molar refractivity (Wildman–Crippen MR) is 65.7 cm³/mol. The van der Waals surface area contributed by atoms with Gasteiger partial charge < -0.3 is 0 Å². The highest BCUT2D eigenvalue weighted by Gasteiger charge is 2.08. The van der Waals surface area contributed by atoms with E-state index in [2.05, 4.69) is 0 Å². The van der Waals surface area contributed by atoms with Crippen LogP contribution in [0, 0.1) is 0 Å². The van der Waals surface area contributed by atoms with Crippen molar-refractivity contribution < 1.29 is 8.42 Å². The van der Waals surface area contributed by atoms with Gasteiger partial charge in [-0.15, -0.1) is 0 Å². The van der Waals surface area contributed by atoms with E-state index in [1.807, 2.05) is 24.3 Å². The highest BCUT2D eigenvalue weighted by atomic mass is 32.2. The van der Waals surface area contributed by atoms with Gasteiger partial charge in [-0.1, -0.05) is 19.9 Å². The Hall–Kier alpha value is -0.480. The lowest BCUT2D eigenvalue weighted by Crippen LogP contribution is -2.09. The quantitative estimate of drug-likeness (QED) is 0.747. The van der Waals surface area contributed by atoms with Crippen LogP contribution in [-0.4, -0.2) is 33.4 Å². The van der Waals surface area contributed by atoms with E-state index in [-0.39, 0.29) is 0 Å². The fourth-order valence-corrected chi connectivity index (χ4v) is 2.90. The third-order valence-corrected chi connectivity index (χ3v) is 5.18. The number of hydrogen-bond acceptors (Lipinski definition) is 2. The van der Waals surface area contributed by atoms with Crippen LogP contribution in [0.15, 0.2) is 34.1 Å². The van der Waals surface area contributed by atoms with Crippen LogP contribution in [0.4, 0.5) is 0 Å². The van der Waals surface area contributed by atoms with Crippen LogP contribution >= 0.6 is 0 Å². The van der Waals surface area contributed by atoms with Gasteiger partial charge in [0.1, 0.15) is 0 Å². The summed E-state index contributed by atoms with van der Waals surface area (Å²) in [7, 11) is -4.36. The van der Waals surface area contributed by atoms with Gasteiger partial charge in [0.15, 0.2) is 0 Å². The molecule has 4 heteroatoms. The molecule has 1 aromatic rings. The van der Waals surface area contributed by atoms with Gasteiger partial charge in [-0.3, -0.25) is 8.42 Å². The van der Waals surface area contributed by atoms with Crippen molar-refractivity contribution in [3.63, 3.8) is 0 Å². The smallest absolute Gasteiger partial charge is 0.0142 e. The average molecular weight is 234 g/mol. The molecule has 0 aliphatic carbocycles. The molecule has 0 saturated heterocycles. The van der Waals surface area contributed by atoms with Crippen molar-refractivity contribution in [3.8, 4) is 0 Å². The average Bonchev–Trinajstić information content (AvgIpc) is 2.01. The molecule has 0 saturated carbocycles. The Balaban J connectivity index is 3.14. The zero-order valence-electron chi connectivity index (χ0n) is 9.02. The first kappa shape index (κ1) is 11.6. The molecule has 0 heterocycles. The van der Waals surface area contributed by atoms with Crippen LogP contribution in [0.3, 0.4) is 0 Å². The molecule has 0 fully saturated rings. The van der Waals surface area contributed by atoms with E-state index in [0.717, 1.165) is 9.79 Å². The zero-order valence-corrected chi connectivity index (χ0v) is 10.8. The highest BCUT2D eigenvalue weighted by molar-refractivity contribution is 8.02. The fraction of sp³-hybridized carbons (Fsp3) is 0.400. The van der Waals surface area contributed by atoms with Gasteiger partial charge in [0.05, 0.1) is 0 Å². The summed E-state index contributed by atoms with van der Waals surface area (Å²) in [5.41, 5.74) is 0. The molecule has 0 bridgehead atoms. The highest BCUT2D eigenvalue weighted by Crippen LogP contribution is 2.18. The van der Waals surface area contributed by atoms with Crippen LogP contribution in [0.5, 0.6) is 0 Å². The summed E-state index contributed by atoms with van der Waals surface area (Å²) in [6.07, 6.45) is 6.94. The Bertz CT molecular complexity index is 367. The monoisotopic (exact) mass is 234 g/mol. The summed E-state index contributed by atoms with van der Waals surface area (Å²) in [5, 5.41) is 0. The summed E-state index contributed by atoms with van der Waals surface area (Å²) in [4.78, 5) is 1.68. The number of benzene rings is 1. The van der Waals surface area contributed by atoms with Gasteiger partial charge >= 0.3 is 0 Å². The Labute approximate surface area is 87.6 Å². The second kappa shape index (κ2) is 3.59. The van der Waals surface area contributed by atoms with Crippen LogP contribution < -0.4 is 0 Å². The van der Waals surface area contributed by atoms with Gasteiger partial charge in [-0.25, -0.2) is 0 Å². The lowest BCUT2D eigenvalue weighted by atomic mass is 10.4. The molecule has 2 nitrogen and oxygen atoms in total. The van der Waals surface area contributed by atoms with Crippen molar-refractivity contribution in [1.29, 1.82) is 0 Å². The predicted octanol–water partition coefficient (Wildman–Crippen LogP) is 0.957. The molecule has 0 aromatic heterocycles. The molecule has 0 aliphatic heterocycles. The third-order valence-electron chi connectivity index (χ3n) is 2.09. The maximum Gasteiger partial charge on any atom is 0.0142 e. The van der Waals surface area contributed by atoms with Crippen molar-refractivity contribution in [2.75, 3.05) is 25.0 Å². The molecule has 0 spiro atoms. The summed E-state index contributed by atoms with van der Waals surface area (Å²) >= 11 is 0. The summed E-state index contributed by atoms with van der Waals surface area (Å²) in [6.45, 7) is 0. The van der Waals surface area contributed by atoms with Gasteiger partial charge in [-0.05, 0) is 49.3 Å². The van der Waals surface area contributed by atoms with Crippen LogP contribution in [-0.2, 0) is 19.9 Å². The molecule has 1 rings (SSSR count). The molecule has 14 heavy (non-hydrogen) atoms. The largest absolute Gasteiger partial charge is 0.281 e. The normalized spacial score (nSPS) is 15.1. The Morgan fingerprint density at radius 1 is 0.714 bits per heavy atom. The molecule has 0 aliphatic rings. The van der Waals surface area contributed by atoms with Crippen molar-refractivity contribution in [3.05, 3.63) is 24.3 Å². The van der Waals surface area contributed by atoms with Crippen molar-refractivity contribution in [1.82, 2.24) is 0 Å². The number of rotatable bonds is 2. The van der Waals surface area contributed by atoms with E-state index in [4.69, 9.17) is 0 Å². The van der Waals surface area contributed by atoms with E-state index in [1.165, 1.54) is 0 Å². The van der Waals surface area contributed by atoms with Crippen LogP contribution in [0.1, 0.15) is 0 Å². The van der Waals surface area contributed by atoms with Crippen molar-refractivity contribution in [2.24, 2.45) is 0 Å². The summed E-state index contributed by atoms with van der Waals surface area (Å²) < 4.78 is 23.4. The topological polar surface area (TPSA) is 34.1 Å². The van der Waals surface area contributed by atoms with E-state index >= 15 is 0 Å².